The van der Waals surface area contributed by atoms with E-state index in [0.717, 1.165) is 13.3 Å². The summed E-state index contributed by atoms with van der Waals surface area (Å²) in [6.07, 6.45) is -1.30. The molecule has 2 rings (SSSR count). The van der Waals surface area contributed by atoms with Gasteiger partial charge in [-0.25, -0.2) is 4.79 Å². The first kappa shape index (κ1) is 18.3. The number of carbonyl (C=O) groups is 1. The Morgan fingerprint density at radius 1 is 1.13 bits per heavy atom. The molecule has 132 valence electrons. The van der Waals surface area contributed by atoms with Crippen LogP contribution in [-0.2, 0) is 9.53 Å². The summed E-state index contributed by atoms with van der Waals surface area (Å²) < 4.78 is 45.2. The zero-order chi connectivity index (χ0) is 17.4. The summed E-state index contributed by atoms with van der Waals surface area (Å²) in [5.74, 6) is -1.70. The average molecular weight is 334 g/mol. The van der Waals surface area contributed by atoms with E-state index in [0.29, 0.717) is 37.7 Å². The number of rotatable bonds is 3. The third-order valence-corrected chi connectivity index (χ3v) is 5.53. The van der Waals surface area contributed by atoms with Crippen molar-refractivity contribution in [3.8, 4) is 0 Å². The number of hydrogen-bond acceptors (Lipinski definition) is 3. The Balaban J connectivity index is 2.19. The average Bonchev–Trinajstić information content (AvgIpc) is 2.45. The second-order valence-electron chi connectivity index (χ2n) is 7.17. The summed E-state index contributed by atoms with van der Waals surface area (Å²) in [5, 5.41) is 10.1. The molecule has 23 heavy (non-hydrogen) atoms. The van der Waals surface area contributed by atoms with Gasteiger partial charge < -0.3 is 9.84 Å². The van der Waals surface area contributed by atoms with Crippen molar-refractivity contribution >= 4 is 5.97 Å². The smallest absolute Gasteiger partial charge is 0.417 e. The molecule has 2 aliphatic carbocycles. The molecule has 1 N–H and O–H groups in total. The van der Waals surface area contributed by atoms with E-state index in [1.807, 2.05) is 0 Å². The summed E-state index contributed by atoms with van der Waals surface area (Å²) in [5.41, 5.74) is -2.40. The molecular weight excluding hydrogens is 309 g/mol. The van der Waals surface area contributed by atoms with Gasteiger partial charge >= 0.3 is 12.1 Å². The van der Waals surface area contributed by atoms with Crippen LogP contribution >= 0.6 is 0 Å². The fraction of sp³-hybridized carbons (Fsp3) is 0.824. The van der Waals surface area contributed by atoms with Gasteiger partial charge in [0.1, 0.15) is 6.10 Å². The first-order valence-electron chi connectivity index (χ1n) is 8.21. The van der Waals surface area contributed by atoms with Crippen molar-refractivity contribution in [3.63, 3.8) is 0 Å². The number of hydrogen-bond donors (Lipinski definition) is 1. The second kappa shape index (κ2) is 6.46. The molecule has 2 fully saturated rings. The van der Waals surface area contributed by atoms with Gasteiger partial charge in [-0.1, -0.05) is 13.0 Å². The Morgan fingerprint density at radius 3 is 2.26 bits per heavy atom. The van der Waals surface area contributed by atoms with Crippen LogP contribution in [0.15, 0.2) is 12.2 Å². The third kappa shape index (κ3) is 3.57. The Kier molecular flexibility index (Phi) is 5.14. The van der Waals surface area contributed by atoms with Gasteiger partial charge in [0.25, 0.3) is 0 Å². The minimum Gasteiger partial charge on any atom is -0.459 e. The number of esters is 1. The van der Waals surface area contributed by atoms with Gasteiger partial charge in [0.15, 0.2) is 5.60 Å². The molecule has 2 saturated carbocycles. The monoisotopic (exact) mass is 334 g/mol. The van der Waals surface area contributed by atoms with Crippen LogP contribution in [0.25, 0.3) is 0 Å². The summed E-state index contributed by atoms with van der Waals surface area (Å²) in [6, 6.07) is 0. The molecule has 0 aromatic heterocycles. The number of fused-ring (bicyclic) bond motifs is 1. The van der Waals surface area contributed by atoms with Crippen molar-refractivity contribution in [1.82, 2.24) is 0 Å². The molecule has 3 nitrogen and oxygen atoms in total. The molecular formula is C17H25F3O3. The van der Waals surface area contributed by atoms with Crippen molar-refractivity contribution in [3.05, 3.63) is 12.2 Å². The Morgan fingerprint density at radius 2 is 1.70 bits per heavy atom. The lowest BCUT2D eigenvalue weighted by Gasteiger charge is -2.49. The van der Waals surface area contributed by atoms with Gasteiger partial charge in [0, 0.05) is 5.57 Å². The summed E-state index contributed by atoms with van der Waals surface area (Å²) in [7, 11) is 0. The number of aliphatic hydroxyl groups is 1. The maximum Gasteiger partial charge on any atom is 0.417 e. The van der Waals surface area contributed by atoms with Crippen LogP contribution < -0.4 is 0 Å². The summed E-state index contributed by atoms with van der Waals surface area (Å²) >= 11 is 0. The van der Waals surface area contributed by atoms with E-state index in [2.05, 4.69) is 6.58 Å². The van der Waals surface area contributed by atoms with Crippen molar-refractivity contribution in [1.29, 1.82) is 0 Å². The first-order chi connectivity index (χ1) is 10.6. The largest absolute Gasteiger partial charge is 0.459 e. The molecule has 0 amide bonds. The van der Waals surface area contributed by atoms with Crippen LogP contribution in [0.1, 0.15) is 52.4 Å². The molecule has 0 bridgehead atoms. The molecule has 0 aromatic carbocycles. The van der Waals surface area contributed by atoms with E-state index in [-0.39, 0.29) is 17.9 Å². The zero-order valence-electron chi connectivity index (χ0n) is 13.7. The quantitative estimate of drug-likeness (QED) is 0.627. The van der Waals surface area contributed by atoms with E-state index in [9.17, 15) is 23.1 Å². The van der Waals surface area contributed by atoms with Gasteiger partial charge in [0.05, 0.1) is 0 Å². The van der Waals surface area contributed by atoms with E-state index in [1.165, 1.54) is 0 Å². The summed E-state index contributed by atoms with van der Waals surface area (Å²) in [6.45, 7) is 5.98. The fourth-order valence-electron chi connectivity index (χ4n) is 4.24. The Hall–Kier alpha value is -1.04. The molecule has 2 aliphatic rings. The molecule has 0 saturated heterocycles. The normalized spacial score (nSPS) is 34.2. The molecule has 0 spiro atoms. The molecule has 6 heteroatoms. The highest BCUT2D eigenvalue weighted by Gasteiger charge is 2.59. The highest BCUT2D eigenvalue weighted by molar-refractivity contribution is 5.87. The summed E-state index contributed by atoms with van der Waals surface area (Å²) in [4.78, 5) is 11.8. The van der Waals surface area contributed by atoms with Crippen LogP contribution in [0.3, 0.4) is 0 Å². The van der Waals surface area contributed by atoms with E-state index in [4.69, 9.17) is 4.74 Å². The molecule has 0 heterocycles. The molecule has 0 radical (unpaired) electrons. The van der Waals surface area contributed by atoms with Crippen molar-refractivity contribution in [2.75, 3.05) is 0 Å². The van der Waals surface area contributed by atoms with Crippen molar-refractivity contribution < 1.29 is 27.8 Å². The lowest BCUT2D eigenvalue weighted by atomic mass is 9.60. The van der Waals surface area contributed by atoms with Gasteiger partial charge in [0.2, 0.25) is 0 Å². The maximum atomic E-state index is 13.2. The highest BCUT2D eigenvalue weighted by Crippen LogP contribution is 2.52. The number of ether oxygens (including phenoxy) is 1. The van der Waals surface area contributed by atoms with Gasteiger partial charge in [-0.3, -0.25) is 0 Å². The minimum atomic E-state index is -4.65. The minimum absolute atomic E-state index is 0.111. The lowest BCUT2D eigenvalue weighted by Crippen LogP contribution is -2.55. The molecule has 5 atom stereocenters. The van der Waals surface area contributed by atoms with Crippen LogP contribution in [0.5, 0.6) is 0 Å². The van der Waals surface area contributed by atoms with Crippen LogP contribution in [0.2, 0.25) is 0 Å². The topological polar surface area (TPSA) is 46.5 Å². The zero-order valence-corrected chi connectivity index (χ0v) is 13.7. The third-order valence-electron chi connectivity index (χ3n) is 5.53. The predicted octanol–water partition coefficient (Wildman–Crippen LogP) is 4.00. The Labute approximate surface area is 134 Å². The van der Waals surface area contributed by atoms with Gasteiger partial charge in [-0.15, -0.1) is 0 Å². The van der Waals surface area contributed by atoms with Crippen molar-refractivity contribution in [2.45, 2.75) is 70.3 Å². The van der Waals surface area contributed by atoms with E-state index < -0.39 is 23.7 Å². The van der Waals surface area contributed by atoms with Gasteiger partial charge in [-0.2, -0.15) is 13.2 Å². The number of halogens is 3. The standard InChI is InChI=1S/C17H25F3O3/c1-10(2)15(21)23-14-9-5-6-11-12(14)7-4-8-13(11)16(3,22)17(18,19)20/h11-14,22H,1,4-9H2,2-3H3. The van der Waals surface area contributed by atoms with Crippen LogP contribution in [0, 0.1) is 17.8 Å². The van der Waals surface area contributed by atoms with Crippen LogP contribution in [0.4, 0.5) is 13.2 Å². The SMILES string of the molecule is C=C(C)C(=O)OC1CCCC2C1CCCC2C(C)(O)C(F)(F)F. The van der Waals surface area contributed by atoms with Gasteiger partial charge in [-0.05, 0) is 63.7 Å². The van der Waals surface area contributed by atoms with E-state index in [1.54, 1.807) is 6.92 Å². The predicted molar refractivity (Wildman–Crippen MR) is 79.5 cm³/mol. The Bertz CT molecular complexity index is 470. The number of alkyl halides is 3. The molecule has 5 unspecified atom stereocenters. The molecule has 0 aromatic rings. The van der Waals surface area contributed by atoms with Crippen molar-refractivity contribution in [2.24, 2.45) is 17.8 Å². The fourth-order valence-corrected chi connectivity index (χ4v) is 4.24. The first-order valence-corrected chi connectivity index (χ1v) is 8.21. The highest BCUT2D eigenvalue weighted by atomic mass is 19.4. The second-order valence-corrected chi connectivity index (χ2v) is 7.17. The maximum absolute atomic E-state index is 13.2. The molecule has 0 aliphatic heterocycles. The lowest BCUT2D eigenvalue weighted by molar-refractivity contribution is -0.286. The number of carbonyl (C=O) groups excluding carboxylic acids is 1. The van der Waals surface area contributed by atoms with Crippen LogP contribution in [-0.4, -0.2) is 29.0 Å². The van der Waals surface area contributed by atoms with E-state index >= 15 is 0 Å².